The Morgan fingerprint density at radius 1 is 1.29 bits per heavy atom. The minimum atomic E-state index is 0.466. The highest BCUT2D eigenvalue weighted by atomic mass is 35.5. The van der Waals surface area contributed by atoms with Crippen LogP contribution < -0.4 is 15.0 Å². The molecule has 1 N–H and O–H groups in total. The minimum absolute atomic E-state index is 0.466. The molecule has 0 atom stereocenters. The van der Waals surface area contributed by atoms with E-state index in [2.05, 4.69) is 43.3 Å². The first-order valence-corrected chi connectivity index (χ1v) is 10.7. The molecule has 1 aliphatic heterocycles. The number of guanidine groups is 1. The van der Waals surface area contributed by atoms with Gasteiger partial charge in [0.2, 0.25) is 11.0 Å². The number of hydrogen-bond donors (Lipinski definition) is 1. The summed E-state index contributed by atoms with van der Waals surface area (Å²) in [5.74, 6) is 2.40. The van der Waals surface area contributed by atoms with E-state index >= 15 is 0 Å². The van der Waals surface area contributed by atoms with Gasteiger partial charge in [-0.2, -0.15) is 4.37 Å². The summed E-state index contributed by atoms with van der Waals surface area (Å²) in [6.45, 7) is 9.62. The largest absolute Gasteiger partial charge is 0.476 e. The number of aromatic nitrogens is 3. The van der Waals surface area contributed by atoms with Gasteiger partial charge in [0.05, 0.1) is 11.6 Å². The van der Waals surface area contributed by atoms with Gasteiger partial charge < -0.3 is 19.9 Å². The van der Waals surface area contributed by atoms with Crippen molar-refractivity contribution in [1.29, 1.82) is 0 Å². The maximum absolute atomic E-state index is 5.83. The van der Waals surface area contributed by atoms with Gasteiger partial charge in [0.25, 0.3) is 0 Å². The number of pyridine rings is 1. The maximum Gasteiger partial charge on any atom is 0.213 e. The van der Waals surface area contributed by atoms with Crippen molar-refractivity contribution in [1.82, 2.24) is 24.6 Å². The van der Waals surface area contributed by atoms with E-state index < -0.39 is 0 Å². The highest BCUT2D eigenvalue weighted by Crippen LogP contribution is 2.19. The molecular formula is C18H26ClN7OS. The number of rotatable bonds is 7. The summed E-state index contributed by atoms with van der Waals surface area (Å²) in [4.78, 5) is 18.0. The predicted molar refractivity (Wildman–Crippen MR) is 114 cm³/mol. The van der Waals surface area contributed by atoms with Crippen LogP contribution in [0.4, 0.5) is 5.13 Å². The predicted octanol–water partition coefficient (Wildman–Crippen LogP) is 2.32. The van der Waals surface area contributed by atoms with Crippen molar-refractivity contribution in [3.05, 3.63) is 29.2 Å². The SMILES string of the molecule is CCNC(=NCCOc1ccc(Cl)cn1)N1CCN(c2nc(CC)ns2)CC1. The zero-order valence-corrected chi connectivity index (χ0v) is 17.8. The molecule has 2 aromatic heterocycles. The summed E-state index contributed by atoms with van der Waals surface area (Å²) in [7, 11) is 0. The Morgan fingerprint density at radius 3 is 2.75 bits per heavy atom. The summed E-state index contributed by atoms with van der Waals surface area (Å²) < 4.78 is 10.0. The van der Waals surface area contributed by atoms with E-state index in [1.54, 1.807) is 18.3 Å². The van der Waals surface area contributed by atoms with Crippen LogP contribution >= 0.6 is 23.1 Å². The maximum atomic E-state index is 5.83. The third kappa shape index (κ3) is 5.68. The number of nitrogens with one attached hydrogen (secondary N) is 1. The van der Waals surface area contributed by atoms with Gasteiger partial charge in [-0.25, -0.2) is 15.0 Å². The second-order valence-corrected chi connectivity index (χ2v) is 7.39. The molecule has 1 aliphatic rings. The molecule has 3 heterocycles. The third-order valence-electron chi connectivity index (χ3n) is 4.26. The first kappa shape index (κ1) is 20.6. The van der Waals surface area contributed by atoms with Crippen molar-refractivity contribution in [2.24, 2.45) is 4.99 Å². The van der Waals surface area contributed by atoms with Crippen LogP contribution in [0.15, 0.2) is 23.3 Å². The van der Waals surface area contributed by atoms with E-state index in [1.165, 1.54) is 11.5 Å². The summed E-state index contributed by atoms with van der Waals surface area (Å²) in [5.41, 5.74) is 0. The average molecular weight is 424 g/mol. The molecule has 0 spiro atoms. The Morgan fingerprint density at radius 2 is 2.11 bits per heavy atom. The van der Waals surface area contributed by atoms with E-state index in [4.69, 9.17) is 21.3 Å². The molecule has 0 aliphatic carbocycles. The molecule has 0 amide bonds. The van der Waals surface area contributed by atoms with Gasteiger partial charge in [0.1, 0.15) is 12.4 Å². The number of ether oxygens (including phenoxy) is 1. The second kappa shape index (κ2) is 10.4. The Hall–Kier alpha value is -2.13. The number of hydrogen-bond acceptors (Lipinski definition) is 7. The lowest BCUT2D eigenvalue weighted by molar-refractivity contribution is 0.313. The van der Waals surface area contributed by atoms with Crippen LogP contribution in [-0.4, -0.2) is 71.1 Å². The molecule has 0 bridgehead atoms. The van der Waals surface area contributed by atoms with E-state index in [9.17, 15) is 0 Å². The summed E-state index contributed by atoms with van der Waals surface area (Å²) in [5, 5.41) is 4.98. The summed E-state index contributed by atoms with van der Waals surface area (Å²) in [6, 6.07) is 3.52. The van der Waals surface area contributed by atoms with Crippen LogP contribution in [0.3, 0.4) is 0 Å². The molecule has 152 valence electrons. The van der Waals surface area contributed by atoms with Crippen molar-refractivity contribution < 1.29 is 4.74 Å². The Bertz CT molecular complexity index is 760. The van der Waals surface area contributed by atoms with Gasteiger partial charge >= 0.3 is 0 Å². The van der Waals surface area contributed by atoms with Crippen LogP contribution in [0, 0.1) is 0 Å². The van der Waals surface area contributed by atoms with E-state index in [0.29, 0.717) is 24.1 Å². The Kier molecular flexibility index (Phi) is 7.67. The fraction of sp³-hybridized carbons (Fsp3) is 0.556. The van der Waals surface area contributed by atoms with Crippen molar-refractivity contribution in [3.63, 3.8) is 0 Å². The molecule has 28 heavy (non-hydrogen) atoms. The molecular weight excluding hydrogens is 398 g/mol. The number of nitrogens with zero attached hydrogens (tertiary/aromatic N) is 6. The van der Waals surface area contributed by atoms with Crippen LogP contribution in [-0.2, 0) is 6.42 Å². The van der Waals surface area contributed by atoms with Gasteiger partial charge in [-0.05, 0) is 13.0 Å². The number of piperazine rings is 1. The highest BCUT2D eigenvalue weighted by molar-refractivity contribution is 7.09. The number of aliphatic imine (C=N–C) groups is 1. The lowest BCUT2D eigenvalue weighted by Crippen LogP contribution is -2.52. The molecule has 1 saturated heterocycles. The average Bonchev–Trinajstić information content (AvgIpc) is 3.21. The molecule has 1 fully saturated rings. The van der Waals surface area contributed by atoms with Crippen LogP contribution in [0.25, 0.3) is 0 Å². The monoisotopic (exact) mass is 423 g/mol. The molecule has 2 aromatic rings. The van der Waals surface area contributed by atoms with E-state index in [0.717, 1.165) is 56.1 Å². The quantitative estimate of drug-likeness (QED) is 0.416. The van der Waals surface area contributed by atoms with Gasteiger partial charge in [-0.15, -0.1) is 0 Å². The first-order chi connectivity index (χ1) is 13.7. The lowest BCUT2D eigenvalue weighted by atomic mass is 10.3. The molecule has 8 nitrogen and oxygen atoms in total. The third-order valence-corrected chi connectivity index (χ3v) is 5.30. The highest BCUT2D eigenvalue weighted by Gasteiger charge is 2.21. The number of anilines is 1. The first-order valence-electron chi connectivity index (χ1n) is 9.54. The number of halogens is 1. The fourth-order valence-electron chi connectivity index (χ4n) is 2.80. The zero-order valence-electron chi connectivity index (χ0n) is 16.3. The van der Waals surface area contributed by atoms with Crippen LogP contribution in [0.1, 0.15) is 19.7 Å². The van der Waals surface area contributed by atoms with Crippen molar-refractivity contribution in [2.75, 3.05) is 50.8 Å². The normalized spacial score (nSPS) is 15.0. The topological polar surface area (TPSA) is 78.8 Å². The molecule has 0 aromatic carbocycles. The van der Waals surface area contributed by atoms with Crippen LogP contribution in [0.5, 0.6) is 5.88 Å². The molecule has 10 heteroatoms. The van der Waals surface area contributed by atoms with Crippen molar-refractivity contribution in [3.8, 4) is 5.88 Å². The summed E-state index contributed by atoms with van der Waals surface area (Å²) >= 11 is 7.32. The molecule has 3 rings (SSSR count). The summed E-state index contributed by atoms with van der Waals surface area (Å²) in [6.07, 6.45) is 2.45. The lowest BCUT2D eigenvalue weighted by Gasteiger charge is -2.36. The van der Waals surface area contributed by atoms with Gasteiger partial charge in [0.15, 0.2) is 5.96 Å². The van der Waals surface area contributed by atoms with Gasteiger partial charge in [-0.1, -0.05) is 18.5 Å². The Labute approximate surface area is 174 Å². The standard InChI is InChI=1S/C18H26ClN7OS/c1-3-15-23-18(28-24-15)26-10-8-25(9-11-26)17(20-4-2)21-7-12-27-16-6-5-14(19)13-22-16/h5-6,13H,3-4,7-12H2,1-2H3,(H,20,21). The minimum Gasteiger partial charge on any atom is -0.476 e. The van der Waals surface area contributed by atoms with Gasteiger partial charge in [-0.3, -0.25) is 0 Å². The fourth-order valence-corrected chi connectivity index (χ4v) is 3.71. The number of aryl methyl sites for hydroxylation is 1. The molecule has 0 radical (unpaired) electrons. The van der Waals surface area contributed by atoms with Crippen molar-refractivity contribution >= 4 is 34.2 Å². The van der Waals surface area contributed by atoms with Crippen molar-refractivity contribution in [2.45, 2.75) is 20.3 Å². The van der Waals surface area contributed by atoms with Crippen LogP contribution in [0.2, 0.25) is 5.02 Å². The zero-order chi connectivity index (χ0) is 19.8. The van der Waals surface area contributed by atoms with E-state index in [1.807, 2.05) is 0 Å². The second-order valence-electron chi connectivity index (χ2n) is 6.22. The van der Waals surface area contributed by atoms with E-state index in [-0.39, 0.29) is 0 Å². The smallest absolute Gasteiger partial charge is 0.213 e. The molecule has 0 saturated carbocycles. The van der Waals surface area contributed by atoms with Gasteiger partial charge in [0, 0.05) is 62.9 Å². The Balaban J connectivity index is 1.49. The molecule has 0 unspecified atom stereocenters.